The van der Waals surface area contributed by atoms with Crippen LogP contribution in [-0.4, -0.2) is 21.0 Å². The molecule has 4 heteroatoms. The van der Waals surface area contributed by atoms with Crippen molar-refractivity contribution < 1.29 is 0 Å². The summed E-state index contributed by atoms with van der Waals surface area (Å²) in [6.45, 7) is 4.41. The third-order valence-corrected chi connectivity index (χ3v) is 4.98. The van der Waals surface area contributed by atoms with Crippen LogP contribution in [0.4, 0.5) is 5.95 Å². The Kier molecular flexibility index (Phi) is 2.56. The number of nitrogens with zero attached hydrogens (tertiary/aromatic N) is 2. The highest BCUT2D eigenvalue weighted by molar-refractivity contribution is 6.21. The molecule has 0 radical (unpaired) electrons. The largest absolute Gasteiger partial charge is 0.352 e. The minimum absolute atomic E-state index is 0.125. The van der Waals surface area contributed by atoms with Crippen molar-refractivity contribution in [3.05, 3.63) is 24.3 Å². The molecular weight excluding hydrogens is 246 g/mol. The summed E-state index contributed by atoms with van der Waals surface area (Å²) in [6, 6.07) is 8.58. The van der Waals surface area contributed by atoms with Crippen molar-refractivity contribution in [3.8, 4) is 0 Å². The molecule has 3 rings (SSSR count). The van der Waals surface area contributed by atoms with Crippen molar-refractivity contribution in [1.82, 2.24) is 9.55 Å². The van der Waals surface area contributed by atoms with E-state index in [9.17, 15) is 0 Å². The predicted molar refractivity (Wildman–Crippen MR) is 76.2 cm³/mol. The fourth-order valence-electron chi connectivity index (χ4n) is 2.55. The normalized spacial score (nSPS) is 26.0. The molecule has 2 atom stereocenters. The van der Waals surface area contributed by atoms with Crippen LogP contribution in [0.5, 0.6) is 0 Å². The molecule has 0 spiro atoms. The predicted octanol–water partition coefficient (Wildman–Crippen LogP) is 3.39. The van der Waals surface area contributed by atoms with Gasteiger partial charge < -0.3 is 9.88 Å². The Bertz CT molecular complexity index is 588. The van der Waals surface area contributed by atoms with Gasteiger partial charge in [0.2, 0.25) is 5.95 Å². The van der Waals surface area contributed by atoms with E-state index >= 15 is 0 Å². The zero-order valence-corrected chi connectivity index (χ0v) is 11.7. The number of rotatable bonds is 2. The van der Waals surface area contributed by atoms with Gasteiger partial charge in [-0.3, -0.25) is 0 Å². The van der Waals surface area contributed by atoms with Gasteiger partial charge in [-0.15, -0.1) is 11.6 Å². The Morgan fingerprint density at radius 1 is 1.39 bits per heavy atom. The third-order valence-electron chi connectivity index (χ3n) is 4.24. The molecule has 2 aromatic rings. The number of hydrogen-bond acceptors (Lipinski definition) is 2. The Balaban J connectivity index is 1.90. The highest BCUT2D eigenvalue weighted by Crippen LogP contribution is 2.45. The fourth-order valence-corrected chi connectivity index (χ4v) is 2.88. The number of aryl methyl sites for hydroxylation is 1. The molecule has 0 amide bonds. The van der Waals surface area contributed by atoms with Crippen LogP contribution in [0.3, 0.4) is 0 Å². The number of fused-ring (bicyclic) bond motifs is 1. The first kappa shape index (κ1) is 11.8. The molecule has 0 saturated heterocycles. The van der Waals surface area contributed by atoms with Gasteiger partial charge in [0.05, 0.1) is 11.0 Å². The van der Waals surface area contributed by atoms with E-state index in [0.29, 0.717) is 6.04 Å². The Hall–Kier alpha value is -1.22. The van der Waals surface area contributed by atoms with Gasteiger partial charge in [0, 0.05) is 23.9 Å². The molecule has 1 saturated carbocycles. The van der Waals surface area contributed by atoms with Gasteiger partial charge in [-0.05, 0) is 18.6 Å². The first-order valence-corrected chi connectivity index (χ1v) is 6.76. The van der Waals surface area contributed by atoms with Gasteiger partial charge in [-0.2, -0.15) is 0 Å². The number of para-hydroxylation sites is 2. The van der Waals surface area contributed by atoms with Crippen LogP contribution in [0, 0.1) is 5.41 Å². The number of halogens is 1. The van der Waals surface area contributed by atoms with E-state index in [2.05, 4.69) is 34.8 Å². The van der Waals surface area contributed by atoms with E-state index in [1.165, 1.54) is 0 Å². The second kappa shape index (κ2) is 3.89. The molecule has 3 nitrogen and oxygen atoms in total. The summed E-state index contributed by atoms with van der Waals surface area (Å²) in [7, 11) is 2.04. The Morgan fingerprint density at radius 3 is 2.72 bits per heavy atom. The molecule has 0 aliphatic heterocycles. The van der Waals surface area contributed by atoms with Crippen LogP contribution >= 0.6 is 11.6 Å². The Labute approximate surface area is 112 Å². The maximum Gasteiger partial charge on any atom is 0.203 e. The highest BCUT2D eigenvalue weighted by Gasteiger charge is 2.47. The van der Waals surface area contributed by atoms with E-state index in [-0.39, 0.29) is 10.8 Å². The minimum atomic E-state index is 0.125. The highest BCUT2D eigenvalue weighted by atomic mass is 35.5. The zero-order chi connectivity index (χ0) is 12.9. The summed E-state index contributed by atoms with van der Waals surface area (Å²) in [4.78, 5) is 4.63. The summed E-state index contributed by atoms with van der Waals surface area (Å²) in [5.41, 5.74) is 2.31. The van der Waals surface area contributed by atoms with Crippen molar-refractivity contribution >= 4 is 28.6 Å². The van der Waals surface area contributed by atoms with Crippen LogP contribution in [-0.2, 0) is 7.05 Å². The molecule has 1 heterocycles. The van der Waals surface area contributed by atoms with E-state index in [1.54, 1.807) is 0 Å². The third kappa shape index (κ3) is 1.61. The summed E-state index contributed by atoms with van der Waals surface area (Å²) < 4.78 is 2.10. The molecule has 1 N–H and O–H groups in total. The van der Waals surface area contributed by atoms with Crippen LogP contribution in [0.1, 0.15) is 20.3 Å². The van der Waals surface area contributed by atoms with Crippen LogP contribution < -0.4 is 5.32 Å². The Morgan fingerprint density at radius 2 is 2.11 bits per heavy atom. The first-order valence-electron chi connectivity index (χ1n) is 6.32. The summed E-state index contributed by atoms with van der Waals surface area (Å²) >= 11 is 6.25. The lowest BCUT2D eigenvalue weighted by Crippen LogP contribution is -2.54. The van der Waals surface area contributed by atoms with E-state index in [4.69, 9.17) is 11.6 Å². The van der Waals surface area contributed by atoms with Crippen LogP contribution in [0.25, 0.3) is 11.0 Å². The first-order chi connectivity index (χ1) is 8.50. The molecule has 96 valence electrons. The van der Waals surface area contributed by atoms with Gasteiger partial charge >= 0.3 is 0 Å². The van der Waals surface area contributed by atoms with Crippen molar-refractivity contribution in [2.24, 2.45) is 12.5 Å². The maximum absolute atomic E-state index is 6.25. The average molecular weight is 264 g/mol. The molecule has 1 fully saturated rings. The monoisotopic (exact) mass is 263 g/mol. The molecular formula is C14H18ClN3. The summed E-state index contributed by atoms with van der Waals surface area (Å²) in [5, 5.41) is 3.78. The van der Waals surface area contributed by atoms with Gasteiger partial charge in [0.15, 0.2) is 0 Å². The van der Waals surface area contributed by atoms with Crippen LogP contribution in [0.2, 0.25) is 0 Å². The number of alkyl halides is 1. The topological polar surface area (TPSA) is 29.9 Å². The van der Waals surface area contributed by atoms with Crippen molar-refractivity contribution in [1.29, 1.82) is 0 Å². The van der Waals surface area contributed by atoms with Crippen molar-refractivity contribution in [3.63, 3.8) is 0 Å². The molecule has 2 unspecified atom stereocenters. The SMILES string of the molecule is Cn1c(NC2CC(Cl)C2(C)C)nc2ccccc21. The molecule has 1 aliphatic rings. The van der Waals surface area contributed by atoms with Gasteiger partial charge in [0.25, 0.3) is 0 Å². The summed E-state index contributed by atoms with van der Waals surface area (Å²) in [5.74, 6) is 0.929. The quantitative estimate of drug-likeness (QED) is 0.842. The minimum Gasteiger partial charge on any atom is -0.352 e. The van der Waals surface area contributed by atoms with Crippen LogP contribution in [0.15, 0.2) is 24.3 Å². The number of hydrogen-bond donors (Lipinski definition) is 1. The number of benzene rings is 1. The number of imidazole rings is 1. The number of anilines is 1. The average Bonchev–Trinajstić information content (AvgIpc) is 2.67. The van der Waals surface area contributed by atoms with E-state index in [1.807, 2.05) is 25.2 Å². The molecule has 1 aromatic carbocycles. The lowest BCUT2D eigenvalue weighted by atomic mass is 9.67. The van der Waals surface area contributed by atoms with Crippen molar-refractivity contribution in [2.75, 3.05) is 5.32 Å². The number of nitrogens with one attached hydrogen (secondary N) is 1. The lowest BCUT2D eigenvalue weighted by Gasteiger charge is -2.49. The van der Waals surface area contributed by atoms with Gasteiger partial charge in [-0.25, -0.2) is 4.98 Å². The molecule has 0 bridgehead atoms. The molecule has 18 heavy (non-hydrogen) atoms. The van der Waals surface area contributed by atoms with Gasteiger partial charge in [-0.1, -0.05) is 26.0 Å². The van der Waals surface area contributed by atoms with E-state index < -0.39 is 0 Å². The second-order valence-electron chi connectivity index (χ2n) is 5.70. The zero-order valence-electron chi connectivity index (χ0n) is 10.9. The number of aromatic nitrogens is 2. The van der Waals surface area contributed by atoms with Gasteiger partial charge in [0.1, 0.15) is 0 Å². The lowest BCUT2D eigenvalue weighted by molar-refractivity contribution is 0.167. The summed E-state index contributed by atoms with van der Waals surface area (Å²) in [6.07, 6.45) is 0.998. The van der Waals surface area contributed by atoms with Crippen molar-refractivity contribution in [2.45, 2.75) is 31.7 Å². The standard InChI is InChI=1S/C14H18ClN3/c1-14(2)11(15)8-12(14)17-13-16-9-6-4-5-7-10(9)18(13)3/h4-7,11-12H,8H2,1-3H3,(H,16,17). The maximum atomic E-state index is 6.25. The second-order valence-corrected chi connectivity index (χ2v) is 6.23. The molecule has 1 aromatic heterocycles. The molecule has 1 aliphatic carbocycles. The van der Waals surface area contributed by atoms with E-state index in [0.717, 1.165) is 23.4 Å². The smallest absolute Gasteiger partial charge is 0.203 e. The fraction of sp³-hybridized carbons (Fsp3) is 0.500.